The van der Waals surface area contributed by atoms with Crippen molar-refractivity contribution in [3.05, 3.63) is 158 Å². The molecule has 0 spiro atoms. The lowest BCUT2D eigenvalue weighted by Gasteiger charge is -2.09. The molecule has 0 saturated carbocycles. The van der Waals surface area contributed by atoms with E-state index in [1.807, 2.05) is 35.1 Å². The fourth-order valence-corrected chi connectivity index (χ4v) is 10.7. The molecule has 0 unspecified atom stereocenters. The number of fused-ring (bicyclic) bond motifs is 12. The van der Waals surface area contributed by atoms with Crippen LogP contribution in [0, 0.1) is 0 Å². The lowest BCUT2D eigenvalue weighted by atomic mass is 10.0. The van der Waals surface area contributed by atoms with E-state index >= 15 is 0 Å². The minimum atomic E-state index is 0.981. The van der Waals surface area contributed by atoms with Crippen LogP contribution in [0.15, 0.2) is 158 Å². The van der Waals surface area contributed by atoms with Crippen molar-refractivity contribution in [2.75, 3.05) is 0 Å². The summed E-state index contributed by atoms with van der Waals surface area (Å²) in [6.07, 6.45) is 3.91. The van der Waals surface area contributed by atoms with Crippen LogP contribution in [0.25, 0.3) is 107 Å². The Kier molecular flexibility index (Phi) is 5.78. The standard InChI is InChI=1S/C46H26N4S2/c1-5-13-37-29(9-1)35-25-27(17-19-39(35)49(37)45-43-33(21-23-47-45)31-11-3-7-15-41(31)51-43)28-18-20-40-36(26-28)30-10-2-6-14-38(30)50(40)46-44-34(22-24-48-46)32-12-4-8-16-42(32)52-44/h1-26H. The van der Waals surface area contributed by atoms with Crippen LogP contribution in [0.4, 0.5) is 0 Å². The van der Waals surface area contributed by atoms with Crippen molar-refractivity contribution in [1.29, 1.82) is 0 Å². The highest BCUT2D eigenvalue weighted by molar-refractivity contribution is 7.26. The second kappa shape index (κ2) is 10.6. The van der Waals surface area contributed by atoms with Crippen LogP contribution in [0.2, 0.25) is 0 Å². The number of benzene rings is 6. The van der Waals surface area contributed by atoms with Crippen LogP contribution in [0.3, 0.4) is 0 Å². The van der Waals surface area contributed by atoms with Gasteiger partial charge in [-0.25, -0.2) is 9.97 Å². The Morgan fingerprint density at radius 1 is 0.346 bits per heavy atom. The molecule has 0 radical (unpaired) electrons. The van der Waals surface area contributed by atoms with Gasteiger partial charge in [-0.05, 0) is 71.8 Å². The van der Waals surface area contributed by atoms with Crippen LogP contribution < -0.4 is 0 Å². The van der Waals surface area contributed by atoms with E-state index in [1.165, 1.54) is 73.0 Å². The van der Waals surface area contributed by atoms with Crippen LogP contribution >= 0.6 is 22.7 Å². The van der Waals surface area contributed by atoms with Gasteiger partial charge in [-0.2, -0.15) is 0 Å². The third-order valence-corrected chi connectivity index (χ3v) is 13.0. The topological polar surface area (TPSA) is 35.6 Å². The molecule has 6 heteroatoms. The van der Waals surface area contributed by atoms with Crippen LogP contribution in [0.1, 0.15) is 0 Å². The first kappa shape index (κ1) is 28.4. The number of aromatic nitrogens is 4. The third kappa shape index (κ3) is 3.85. The summed E-state index contributed by atoms with van der Waals surface area (Å²) in [5.41, 5.74) is 7.01. The molecule has 4 nitrogen and oxygen atoms in total. The number of hydrogen-bond donors (Lipinski definition) is 0. The van der Waals surface area contributed by atoms with Crippen molar-refractivity contribution in [1.82, 2.24) is 19.1 Å². The fourth-order valence-electron chi connectivity index (χ4n) is 8.36. The highest BCUT2D eigenvalue weighted by atomic mass is 32.1. The largest absolute Gasteiger partial charge is 0.293 e. The van der Waals surface area contributed by atoms with Gasteiger partial charge in [0.25, 0.3) is 0 Å². The van der Waals surface area contributed by atoms with Gasteiger partial charge in [-0.3, -0.25) is 9.13 Å². The Labute approximate surface area is 305 Å². The molecule has 0 saturated heterocycles. The Morgan fingerprint density at radius 2 is 0.750 bits per heavy atom. The summed E-state index contributed by atoms with van der Waals surface area (Å²) in [4.78, 5) is 10.0. The molecule has 0 bridgehead atoms. The normalized spacial score (nSPS) is 12.2. The van der Waals surface area contributed by atoms with E-state index in [0.29, 0.717) is 0 Å². The number of pyridine rings is 2. The molecule has 6 aromatic heterocycles. The number of rotatable bonds is 3. The minimum Gasteiger partial charge on any atom is -0.293 e. The van der Waals surface area contributed by atoms with Crippen molar-refractivity contribution >= 4 is 107 Å². The molecule has 12 aromatic rings. The predicted octanol–water partition coefficient (Wildman–Crippen LogP) is 13.1. The molecule has 242 valence electrons. The zero-order valence-corrected chi connectivity index (χ0v) is 29.2. The predicted molar refractivity (Wildman–Crippen MR) is 222 cm³/mol. The van der Waals surface area contributed by atoms with Gasteiger partial charge in [0.2, 0.25) is 0 Å². The third-order valence-electron chi connectivity index (χ3n) is 10.7. The van der Waals surface area contributed by atoms with Gasteiger partial charge >= 0.3 is 0 Å². The number of hydrogen-bond acceptors (Lipinski definition) is 4. The number of para-hydroxylation sites is 2. The second-order valence-corrected chi connectivity index (χ2v) is 15.5. The molecular formula is C46H26N4S2. The van der Waals surface area contributed by atoms with E-state index < -0.39 is 0 Å². The van der Waals surface area contributed by atoms with E-state index in [1.54, 1.807) is 0 Å². The molecule has 52 heavy (non-hydrogen) atoms. The van der Waals surface area contributed by atoms with E-state index in [2.05, 4.69) is 155 Å². The zero-order valence-electron chi connectivity index (χ0n) is 27.6. The Morgan fingerprint density at radius 3 is 1.23 bits per heavy atom. The Bertz CT molecular complexity index is 3200. The van der Waals surface area contributed by atoms with Crippen LogP contribution in [-0.4, -0.2) is 19.1 Å². The zero-order chi connectivity index (χ0) is 33.9. The molecule has 0 aliphatic carbocycles. The van der Waals surface area contributed by atoms with Gasteiger partial charge < -0.3 is 0 Å². The highest BCUT2D eigenvalue weighted by Crippen LogP contribution is 2.43. The Hall–Kier alpha value is -6.34. The first-order valence-corrected chi connectivity index (χ1v) is 19.0. The molecular weight excluding hydrogens is 673 g/mol. The van der Waals surface area contributed by atoms with E-state index in [4.69, 9.17) is 9.97 Å². The maximum atomic E-state index is 5.01. The van der Waals surface area contributed by atoms with Gasteiger partial charge in [0, 0.05) is 64.9 Å². The van der Waals surface area contributed by atoms with E-state index in [9.17, 15) is 0 Å². The van der Waals surface area contributed by atoms with Gasteiger partial charge in [-0.15, -0.1) is 22.7 Å². The quantitative estimate of drug-likeness (QED) is 0.184. The van der Waals surface area contributed by atoms with Gasteiger partial charge in [0.05, 0.1) is 31.5 Å². The molecule has 6 aromatic carbocycles. The van der Waals surface area contributed by atoms with Crippen LogP contribution in [0.5, 0.6) is 0 Å². The summed E-state index contributed by atoms with van der Waals surface area (Å²) in [6, 6.07) is 52.8. The number of thiophene rings is 2. The van der Waals surface area contributed by atoms with Crippen molar-refractivity contribution in [3.8, 4) is 22.8 Å². The molecule has 0 aliphatic rings. The lowest BCUT2D eigenvalue weighted by Crippen LogP contribution is -1.97. The molecule has 0 fully saturated rings. The second-order valence-electron chi connectivity index (χ2n) is 13.4. The van der Waals surface area contributed by atoms with Gasteiger partial charge in [-0.1, -0.05) is 84.9 Å². The van der Waals surface area contributed by atoms with E-state index in [-0.39, 0.29) is 0 Å². The summed E-state index contributed by atoms with van der Waals surface area (Å²) >= 11 is 3.64. The van der Waals surface area contributed by atoms with Crippen molar-refractivity contribution in [3.63, 3.8) is 0 Å². The smallest absolute Gasteiger partial charge is 0.155 e. The number of nitrogens with zero attached hydrogens (tertiary/aromatic N) is 4. The maximum absolute atomic E-state index is 5.01. The minimum absolute atomic E-state index is 0.981. The Balaban J connectivity index is 1.07. The average molecular weight is 699 g/mol. The maximum Gasteiger partial charge on any atom is 0.155 e. The molecule has 0 aliphatic heterocycles. The molecule has 0 amide bonds. The highest BCUT2D eigenvalue weighted by Gasteiger charge is 2.20. The van der Waals surface area contributed by atoms with Crippen LogP contribution in [-0.2, 0) is 0 Å². The summed E-state index contributed by atoms with van der Waals surface area (Å²) < 4.78 is 9.68. The summed E-state index contributed by atoms with van der Waals surface area (Å²) in [5, 5.41) is 9.94. The SMILES string of the molecule is c1ccc2c(c1)sc1c(-n3c4ccccc4c4cc(-c5ccc6c(c5)c5ccccc5n6-c5nccc6c5sc5ccccc56)ccc43)nccc12. The average Bonchev–Trinajstić information content (AvgIpc) is 3.95. The first-order chi connectivity index (χ1) is 25.8. The van der Waals surface area contributed by atoms with Crippen molar-refractivity contribution in [2.24, 2.45) is 0 Å². The first-order valence-electron chi connectivity index (χ1n) is 17.4. The fraction of sp³-hybridized carbons (Fsp3) is 0. The summed E-state index contributed by atoms with van der Waals surface area (Å²) in [7, 11) is 0. The van der Waals surface area contributed by atoms with Gasteiger partial charge in [0.15, 0.2) is 11.6 Å². The molecule has 12 rings (SSSR count). The molecule has 0 N–H and O–H groups in total. The van der Waals surface area contributed by atoms with Crippen molar-refractivity contribution in [2.45, 2.75) is 0 Å². The van der Waals surface area contributed by atoms with E-state index in [0.717, 1.165) is 33.7 Å². The molecule has 0 atom stereocenters. The van der Waals surface area contributed by atoms with Gasteiger partial charge in [0.1, 0.15) is 0 Å². The molecule has 6 heterocycles. The summed E-state index contributed by atoms with van der Waals surface area (Å²) in [5.74, 6) is 1.96. The lowest BCUT2D eigenvalue weighted by molar-refractivity contribution is 1.10. The monoisotopic (exact) mass is 698 g/mol. The van der Waals surface area contributed by atoms with Crippen molar-refractivity contribution < 1.29 is 0 Å². The summed E-state index contributed by atoms with van der Waals surface area (Å²) in [6.45, 7) is 0.